The van der Waals surface area contributed by atoms with Crippen LogP contribution in [0, 0.1) is 10.1 Å². The second-order valence-corrected chi connectivity index (χ2v) is 3.16. The summed E-state index contributed by atoms with van der Waals surface area (Å²) >= 11 is 0. The molecule has 0 aliphatic rings. The summed E-state index contributed by atoms with van der Waals surface area (Å²) in [6, 6.07) is 6.32. The zero-order valence-corrected chi connectivity index (χ0v) is 7.93. The van der Waals surface area contributed by atoms with Crippen molar-refractivity contribution >= 4 is 11.4 Å². The molecule has 5 heteroatoms. The molecule has 0 unspecified atom stereocenters. The molecule has 0 spiro atoms. The predicted octanol–water partition coefficient (Wildman–Crippen LogP) is 1.35. The fraction of sp³-hybridized carbons (Fsp3) is 0.333. The van der Waals surface area contributed by atoms with E-state index in [9.17, 15) is 10.1 Å². The lowest BCUT2D eigenvalue weighted by Crippen LogP contribution is -2.25. The Morgan fingerprint density at radius 1 is 1.50 bits per heavy atom. The van der Waals surface area contributed by atoms with Crippen LogP contribution in [0.5, 0.6) is 0 Å². The van der Waals surface area contributed by atoms with Gasteiger partial charge in [-0.05, 0) is 19.1 Å². The molecule has 0 aromatic heterocycles. The number of nitro groups is 1. The molecule has 1 atom stereocenters. The summed E-state index contributed by atoms with van der Waals surface area (Å²) in [5.74, 6) is 0. The largest absolute Gasteiger partial charge is 0.383 e. The highest BCUT2D eigenvalue weighted by molar-refractivity contribution is 5.48. The van der Waals surface area contributed by atoms with Crippen molar-refractivity contribution in [3.8, 4) is 0 Å². The standard InChI is InChI=1S/C9H13N3O2/c1-7(10)6-11-8-2-4-9(5-3-8)12(13)14/h2-5,7,11H,6,10H2,1H3/t7-/m0/s1. The molecule has 0 fully saturated rings. The number of nitrogens with two attached hydrogens (primary N) is 1. The number of hydrogen-bond donors (Lipinski definition) is 2. The second kappa shape index (κ2) is 4.57. The zero-order valence-electron chi connectivity index (χ0n) is 7.93. The van der Waals surface area contributed by atoms with Gasteiger partial charge in [0.15, 0.2) is 0 Å². The Morgan fingerprint density at radius 2 is 2.07 bits per heavy atom. The second-order valence-electron chi connectivity index (χ2n) is 3.16. The third-order valence-electron chi connectivity index (χ3n) is 1.71. The van der Waals surface area contributed by atoms with Gasteiger partial charge < -0.3 is 11.1 Å². The molecule has 0 radical (unpaired) electrons. The monoisotopic (exact) mass is 195 g/mol. The van der Waals surface area contributed by atoms with E-state index in [1.165, 1.54) is 12.1 Å². The van der Waals surface area contributed by atoms with Crippen molar-refractivity contribution < 1.29 is 4.92 Å². The van der Waals surface area contributed by atoms with Crippen LogP contribution in [0.25, 0.3) is 0 Å². The summed E-state index contributed by atoms with van der Waals surface area (Å²) in [6.07, 6.45) is 0. The molecule has 0 saturated heterocycles. The van der Waals surface area contributed by atoms with Crippen LogP contribution in [0.1, 0.15) is 6.92 Å². The molecule has 0 amide bonds. The van der Waals surface area contributed by atoms with Crippen molar-refractivity contribution in [3.63, 3.8) is 0 Å². The van der Waals surface area contributed by atoms with Gasteiger partial charge in [0.05, 0.1) is 4.92 Å². The van der Waals surface area contributed by atoms with Crippen molar-refractivity contribution in [2.24, 2.45) is 5.73 Å². The summed E-state index contributed by atoms with van der Waals surface area (Å²) in [6.45, 7) is 2.54. The molecule has 0 saturated carbocycles. The van der Waals surface area contributed by atoms with Gasteiger partial charge in [-0.3, -0.25) is 10.1 Å². The first-order valence-corrected chi connectivity index (χ1v) is 4.33. The van der Waals surface area contributed by atoms with Crippen LogP contribution in [-0.2, 0) is 0 Å². The fourth-order valence-corrected chi connectivity index (χ4v) is 0.980. The Hall–Kier alpha value is -1.62. The van der Waals surface area contributed by atoms with Crippen molar-refractivity contribution in [1.29, 1.82) is 0 Å². The first-order chi connectivity index (χ1) is 6.59. The Labute approximate surface area is 82.1 Å². The molecule has 5 nitrogen and oxygen atoms in total. The molecule has 1 rings (SSSR count). The molecule has 3 N–H and O–H groups in total. The first kappa shape index (κ1) is 10.5. The van der Waals surface area contributed by atoms with Crippen molar-refractivity contribution in [1.82, 2.24) is 0 Å². The molecule has 14 heavy (non-hydrogen) atoms. The van der Waals surface area contributed by atoms with Crippen LogP contribution >= 0.6 is 0 Å². The average molecular weight is 195 g/mol. The quantitative estimate of drug-likeness (QED) is 0.561. The topological polar surface area (TPSA) is 81.2 Å². The summed E-state index contributed by atoms with van der Waals surface area (Å²) in [7, 11) is 0. The highest BCUT2D eigenvalue weighted by Crippen LogP contribution is 2.14. The van der Waals surface area contributed by atoms with Gasteiger partial charge in [0.25, 0.3) is 5.69 Å². The first-order valence-electron chi connectivity index (χ1n) is 4.33. The van der Waals surface area contributed by atoms with Gasteiger partial charge in [-0.1, -0.05) is 0 Å². The maximum atomic E-state index is 10.3. The molecule has 76 valence electrons. The number of nitrogens with zero attached hydrogens (tertiary/aromatic N) is 1. The van der Waals surface area contributed by atoms with E-state index in [2.05, 4.69) is 5.32 Å². The van der Waals surface area contributed by atoms with Crippen molar-refractivity contribution in [3.05, 3.63) is 34.4 Å². The predicted molar refractivity (Wildman–Crippen MR) is 55.2 cm³/mol. The lowest BCUT2D eigenvalue weighted by molar-refractivity contribution is -0.384. The number of rotatable bonds is 4. The van der Waals surface area contributed by atoms with Gasteiger partial charge in [-0.25, -0.2) is 0 Å². The van der Waals surface area contributed by atoms with Gasteiger partial charge in [0, 0.05) is 30.4 Å². The van der Waals surface area contributed by atoms with E-state index in [4.69, 9.17) is 5.73 Å². The van der Waals surface area contributed by atoms with Gasteiger partial charge >= 0.3 is 0 Å². The van der Waals surface area contributed by atoms with Crippen LogP contribution in [0.4, 0.5) is 11.4 Å². The minimum absolute atomic E-state index is 0.0604. The molecular weight excluding hydrogens is 182 g/mol. The van der Waals surface area contributed by atoms with Gasteiger partial charge in [-0.2, -0.15) is 0 Å². The Morgan fingerprint density at radius 3 is 2.50 bits per heavy atom. The van der Waals surface area contributed by atoms with E-state index in [0.717, 1.165) is 5.69 Å². The highest BCUT2D eigenvalue weighted by Gasteiger charge is 2.03. The van der Waals surface area contributed by atoms with Gasteiger partial charge in [0.2, 0.25) is 0 Å². The number of nitro benzene ring substituents is 1. The van der Waals surface area contributed by atoms with E-state index < -0.39 is 4.92 Å². The van der Waals surface area contributed by atoms with Gasteiger partial charge in [-0.15, -0.1) is 0 Å². The Balaban J connectivity index is 2.60. The zero-order chi connectivity index (χ0) is 10.6. The average Bonchev–Trinajstić information content (AvgIpc) is 2.15. The maximum absolute atomic E-state index is 10.3. The number of non-ortho nitro benzene ring substituents is 1. The number of nitrogens with one attached hydrogen (secondary N) is 1. The number of benzene rings is 1. The van der Waals surface area contributed by atoms with E-state index in [1.54, 1.807) is 12.1 Å². The molecule has 0 bridgehead atoms. The molecule has 0 heterocycles. The lowest BCUT2D eigenvalue weighted by Gasteiger charge is -2.08. The van der Waals surface area contributed by atoms with E-state index in [-0.39, 0.29) is 11.7 Å². The van der Waals surface area contributed by atoms with Crippen LogP contribution in [-0.4, -0.2) is 17.5 Å². The summed E-state index contributed by atoms with van der Waals surface area (Å²) in [5.41, 5.74) is 6.48. The molecule has 1 aromatic carbocycles. The smallest absolute Gasteiger partial charge is 0.269 e. The Bertz CT molecular complexity index is 308. The van der Waals surface area contributed by atoms with E-state index in [0.29, 0.717) is 6.54 Å². The van der Waals surface area contributed by atoms with Gasteiger partial charge in [0.1, 0.15) is 0 Å². The van der Waals surface area contributed by atoms with Crippen LogP contribution in [0.3, 0.4) is 0 Å². The van der Waals surface area contributed by atoms with Crippen LogP contribution in [0.2, 0.25) is 0 Å². The number of anilines is 1. The van der Waals surface area contributed by atoms with Crippen molar-refractivity contribution in [2.75, 3.05) is 11.9 Å². The highest BCUT2D eigenvalue weighted by atomic mass is 16.6. The minimum Gasteiger partial charge on any atom is -0.383 e. The van der Waals surface area contributed by atoms with Crippen LogP contribution in [0.15, 0.2) is 24.3 Å². The Kier molecular flexibility index (Phi) is 3.41. The molecule has 0 aliphatic carbocycles. The van der Waals surface area contributed by atoms with E-state index in [1.807, 2.05) is 6.92 Å². The minimum atomic E-state index is -0.421. The van der Waals surface area contributed by atoms with E-state index >= 15 is 0 Å². The fourth-order valence-electron chi connectivity index (χ4n) is 0.980. The summed E-state index contributed by atoms with van der Waals surface area (Å²) < 4.78 is 0. The summed E-state index contributed by atoms with van der Waals surface area (Å²) in [4.78, 5) is 9.92. The maximum Gasteiger partial charge on any atom is 0.269 e. The third kappa shape index (κ3) is 3.02. The normalized spacial score (nSPS) is 12.1. The SMILES string of the molecule is C[C@H](N)CNc1ccc([N+](=O)[O-])cc1. The van der Waals surface area contributed by atoms with Crippen LogP contribution < -0.4 is 11.1 Å². The third-order valence-corrected chi connectivity index (χ3v) is 1.71. The molecule has 0 aliphatic heterocycles. The summed E-state index contributed by atoms with van der Waals surface area (Å²) in [5, 5.41) is 13.4. The van der Waals surface area contributed by atoms with Crippen molar-refractivity contribution in [2.45, 2.75) is 13.0 Å². The lowest BCUT2D eigenvalue weighted by atomic mass is 10.2. The number of hydrogen-bond acceptors (Lipinski definition) is 4. The molecule has 1 aromatic rings. The molecular formula is C9H13N3O2.